The summed E-state index contributed by atoms with van der Waals surface area (Å²) in [6.07, 6.45) is 0.332. The molecule has 0 saturated carbocycles. The number of carbonyl (C=O) groups excluding carboxylic acids is 2. The van der Waals surface area contributed by atoms with Crippen molar-refractivity contribution in [2.45, 2.75) is 34.3 Å². The highest BCUT2D eigenvalue weighted by atomic mass is 79.9. The Bertz CT molecular complexity index is 990. The van der Waals surface area contributed by atoms with E-state index in [2.05, 4.69) is 26.5 Å². The van der Waals surface area contributed by atoms with E-state index in [1.165, 1.54) is 13.1 Å². The number of hydrogen-bond donors (Lipinski definition) is 1. The molecule has 0 aliphatic carbocycles. The van der Waals surface area contributed by atoms with E-state index < -0.39 is 12.0 Å². The Hall–Kier alpha value is -3.38. The molecule has 0 heterocycles. The number of nitrogens with zero attached hydrogens (tertiary/aromatic N) is 3. The highest BCUT2D eigenvalue weighted by Gasteiger charge is 2.20. The van der Waals surface area contributed by atoms with Crippen LogP contribution in [0.3, 0.4) is 0 Å². The van der Waals surface area contributed by atoms with E-state index in [9.17, 15) is 9.59 Å². The van der Waals surface area contributed by atoms with Gasteiger partial charge in [-0.15, -0.1) is 10.0 Å². The van der Waals surface area contributed by atoms with Crippen LogP contribution in [0.15, 0.2) is 46.0 Å². The van der Waals surface area contributed by atoms with Gasteiger partial charge in [0.2, 0.25) is 11.8 Å². The number of amides is 2. The second-order valence-corrected chi connectivity index (χ2v) is 7.34. The zero-order valence-corrected chi connectivity index (χ0v) is 18.6. The van der Waals surface area contributed by atoms with Gasteiger partial charge in [0.15, 0.2) is 6.19 Å². The summed E-state index contributed by atoms with van der Waals surface area (Å²) < 4.78 is 11.9. The van der Waals surface area contributed by atoms with Crippen molar-refractivity contribution in [3.8, 4) is 11.9 Å². The first-order valence-electron chi connectivity index (χ1n) is 8.92. The largest absolute Gasteiger partial charge is 0.488 e. The average molecular weight is 473 g/mol. The van der Waals surface area contributed by atoms with Crippen molar-refractivity contribution < 1.29 is 19.1 Å². The van der Waals surface area contributed by atoms with Crippen LogP contribution < -0.4 is 10.2 Å². The second-order valence-electron chi connectivity index (χ2n) is 6.42. The molecule has 2 rings (SSSR count). The van der Waals surface area contributed by atoms with Crippen molar-refractivity contribution in [1.29, 1.82) is 5.26 Å². The SMILES string of the molecule is CC(=O)N(C#N)C(=O)OC(C)=NNc1cc(C)c(OCc2ccc(Br)cc2)c(C)c1. The molecule has 2 aromatic carbocycles. The van der Waals surface area contributed by atoms with E-state index in [0.29, 0.717) is 17.2 Å². The van der Waals surface area contributed by atoms with E-state index in [-0.39, 0.29) is 5.90 Å². The first kappa shape index (κ1) is 22.9. The second kappa shape index (κ2) is 10.4. The van der Waals surface area contributed by atoms with Crippen LogP contribution >= 0.6 is 15.9 Å². The van der Waals surface area contributed by atoms with Crippen LogP contribution in [0, 0.1) is 25.3 Å². The summed E-state index contributed by atoms with van der Waals surface area (Å²) in [6.45, 7) is 6.80. The van der Waals surface area contributed by atoms with Gasteiger partial charge in [-0.25, -0.2) is 4.79 Å². The Balaban J connectivity index is 2.03. The van der Waals surface area contributed by atoms with Gasteiger partial charge in [0.1, 0.15) is 12.4 Å². The Morgan fingerprint density at radius 1 is 1.17 bits per heavy atom. The summed E-state index contributed by atoms with van der Waals surface area (Å²) in [7, 11) is 0. The van der Waals surface area contributed by atoms with E-state index in [1.54, 1.807) is 0 Å². The van der Waals surface area contributed by atoms with Crippen molar-refractivity contribution >= 4 is 39.5 Å². The minimum atomic E-state index is -1.11. The Morgan fingerprint density at radius 3 is 2.30 bits per heavy atom. The van der Waals surface area contributed by atoms with Gasteiger partial charge >= 0.3 is 6.09 Å². The first-order valence-corrected chi connectivity index (χ1v) is 9.71. The Morgan fingerprint density at radius 2 is 1.77 bits per heavy atom. The molecule has 0 saturated heterocycles. The Kier molecular flexibility index (Phi) is 7.95. The lowest BCUT2D eigenvalue weighted by molar-refractivity contribution is -0.124. The molecule has 9 heteroatoms. The quantitative estimate of drug-likeness (QED) is 0.219. The highest BCUT2D eigenvalue weighted by Crippen LogP contribution is 2.28. The van der Waals surface area contributed by atoms with E-state index in [4.69, 9.17) is 14.7 Å². The molecule has 30 heavy (non-hydrogen) atoms. The summed E-state index contributed by atoms with van der Waals surface area (Å²) >= 11 is 3.41. The number of halogens is 1. The van der Waals surface area contributed by atoms with Gasteiger partial charge in [0.05, 0.1) is 5.69 Å². The van der Waals surface area contributed by atoms with Crippen molar-refractivity contribution in [2.24, 2.45) is 5.10 Å². The number of nitriles is 1. The Labute approximate surface area is 183 Å². The molecule has 1 N–H and O–H groups in total. The molecule has 0 aliphatic heterocycles. The van der Waals surface area contributed by atoms with Crippen molar-refractivity contribution in [2.75, 3.05) is 5.43 Å². The third-order valence-electron chi connectivity index (χ3n) is 3.93. The predicted molar refractivity (Wildman–Crippen MR) is 116 cm³/mol. The first-order chi connectivity index (χ1) is 14.2. The minimum Gasteiger partial charge on any atom is -0.488 e. The number of hydrogen-bond acceptors (Lipinski definition) is 7. The standard InChI is InChI=1S/C21H21BrN4O4/c1-13-9-19(25-24-15(3)30-21(28)26(12-23)16(4)27)10-14(2)20(13)29-11-17-5-7-18(22)8-6-17/h5-10,25H,11H2,1-4H3. The number of carbonyl (C=O) groups is 2. The molecule has 0 unspecified atom stereocenters. The average Bonchev–Trinajstić information content (AvgIpc) is 2.67. The molecule has 8 nitrogen and oxygen atoms in total. The summed E-state index contributed by atoms with van der Waals surface area (Å²) in [4.78, 5) is 23.2. The van der Waals surface area contributed by atoms with Crippen molar-refractivity contribution in [3.05, 3.63) is 57.6 Å². The number of nitrogens with one attached hydrogen (secondary N) is 1. The van der Waals surface area contributed by atoms with E-state index in [0.717, 1.165) is 33.8 Å². The summed E-state index contributed by atoms with van der Waals surface area (Å²) in [6, 6.07) is 11.6. The molecule has 0 aromatic heterocycles. The monoisotopic (exact) mass is 472 g/mol. The van der Waals surface area contributed by atoms with Crippen LogP contribution in [0.25, 0.3) is 0 Å². The lowest BCUT2D eigenvalue weighted by Gasteiger charge is -2.14. The van der Waals surface area contributed by atoms with Gasteiger partial charge in [0, 0.05) is 18.3 Å². The molecule has 2 amide bonds. The topological polar surface area (TPSA) is 104 Å². The normalized spacial score (nSPS) is 10.7. The molecular formula is C21H21BrN4O4. The number of aryl methyl sites for hydroxylation is 2. The lowest BCUT2D eigenvalue weighted by atomic mass is 10.1. The smallest absolute Gasteiger partial charge is 0.436 e. The minimum absolute atomic E-state index is 0.0487. The highest BCUT2D eigenvalue weighted by molar-refractivity contribution is 9.10. The molecule has 0 radical (unpaired) electrons. The molecule has 0 bridgehead atoms. The van der Waals surface area contributed by atoms with Crippen LogP contribution in [0.4, 0.5) is 10.5 Å². The fourth-order valence-electron chi connectivity index (χ4n) is 2.56. The fourth-order valence-corrected chi connectivity index (χ4v) is 2.82. The zero-order chi connectivity index (χ0) is 22.3. The summed E-state index contributed by atoms with van der Waals surface area (Å²) in [5.74, 6) is -0.0117. The van der Waals surface area contributed by atoms with Gasteiger partial charge in [0.25, 0.3) is 0 Å². The molecule has 0 spiro atoms. The molecular weight excluding hydrogens is 452 g/mol. The van der Waals surface area contributed by atoms with Crippen molar-refractivity contribution in [1.82, 2.24) is 4.90 Å². The van der Waals surface area contributed by atoms with Crippen LogP contribution in [0.5, 0.6) is 5.75 Å². The van der Waals surface area contributed by atoms with Gasteiger partial charge in [-0.3, -0.25) is 10.2 Å². The van der Waals surface area contributed by atoms with E-state index in [1.807, 2.05) is 50.2 Å². The maximum atomic E-state index is 11.7. The lowest BCUT2D eigenvalue weighted by Crippen LogP contribution is -2.32. The number of anilines is 1. The molecule has 0 aliphatic rings. The molecule has 0 fully saturated rings. The molecule has 2 aromatic rings. The number of imide groups is 1. The maximum absolute atomic E-state index is 11.7. The van der Waals surface area contributed by atoms with Crippen LogP contribution in [-0.2, 0) is 16.1 Å². The fraction of sp³-hybridized carbons (Fsp3) is 0.238. The number of benzene rings is 2. The van der Waals surface area contributed by atoms with Crippen molar-refractivity contribution in [3.63, 3.8) is 0 Å². The maximum Gasteiger partial charge on any atom is 0.436 e. The number of ether oxygens (including phenoxy) is 2. The predicted octanol–water partition coefficient (Wildman–Crippen LogP) is 4.86. The van der Waals surface area contributed by atoms with Crippen LogP contribution in [-0.4, -0.2) is 22.8 Å². The molecule has 0 atom stereocenters. The molecule has 156 valence electrons. The van der Waals surface area contributed by atoms with Gasteiger partial charge in [-0.05, 0) is 54.8 Å². The summed E-state index contributed by atoms with van der Waals surface area (Å²) in [5.41, 5.74) is 6.33. The third-order valence-corrected chi connectivity index (χ3v) is 4.46. The third kappa shape index (κ3) is 6.32. The summed E-state index contributed by atoms with van der Waals surface area (Å²) in [5, 5.41) is 12.7. The van der Waals surface area contributed by atoms with E-state index >= 15 is 0 Å². The van der Waals surface area contributed by atoms with Gasteiger partial charge in [-0.2, -0.15) is 5.26 Å². The number of hydrazone groups is 1. The van der Waals surface area contributed by atoms with Crippen LogP contribution in [0.1, 0.15) is 30.5 Å². The number of rotatable bonds is 5. The van der Waals surface area contributed by atoms with Crippen LogP contribution in [0.2, 0.25) is 0 Å². The van der Waals surface area contributed by atoms with Gasteiger partial charge < -0.3 is 9.47 Å². The zero-order valence-electron chi connectivity index (χ0n) is 17.0. The van der Waals surface area contributed by atoms with Gasteiger partial charge in [-0.1, -0.05) is 28.1 Å².